The van der Waals surface area contributed by atoms with Crippen LogP contribution in [0.15, 0.2) is 36.4 Å². The van der Waals surface area contributed by atoms with Crippen molar-refractivity contribution in [2.24, 2.45) is 5.73 Å². The fraction of sp³-hybridized carbons (Fsp3) is 0.294. The van der Waals surface area contributed by atoms with Crippen molar-refractivity contribution >= 4 is 11.6 Å². The molecule has 0 saturated carbocycles. The normalized spacial score (nSPS) is 16.9. The molecule has 1 aliphatic heterocycles. The van der Waals surface area contributed by atoms with Crippen LogP contribution in [0.3, 0.4) is 0 Å². The van der Waals surface area contributed by atoms with Gasteiger partial charge in [-0.3, -0.25) is 0 Å². The Kier molecular flexibility index (Phi) is 3.68. The lowest BCUT2D eigenvalue weighted by Gasteiger charge is -2.13. The Morgan fingerprint density at radius 3 is 2.75 bits per heavy atom. The average Bonchev–Trinajstić information content (AvgIpc) is 2.90. The molecule has 104 valence electrons. The smallest absolute Gasteiger partial charge is 0.131 e. The lowest BCUT2D eigenvalue weighted by atomic mass is 9.96. The summed E-state index contributed by atoms with van der Waals surface area (Å²) in [4.78, 5) is 0. The molecule has 2 N–H and O–H groups in total. The Balaban J connectivity index is 2.16. The fourth-order valence-electron chi connectivity index (χ4n) is 2.71. The van der Waals surface area contributed by atoms with Crippen molar-refractivity contribution in [3.63, 3.8) is 0 Å². The van der Waals surface area contributed by atoms with Crippen molar-refractivity contribution in [1.29, 1.82) is 0 Å². The Labute approximate surface area is 124 Å². The Hall–Kier alpha value is -1.51. The van der Waals surface area contributed by atoms with Crippen LogP contribution < -0.4 is 10.5 Å². The second-order valence-electron chi connectivity index (χ2n) is 5.14. The summed E-state index contributed by atoms with van der Waals surface area (Å²) in [6.45, 7) is 2.70. The summed E-state index contributed by atoms with van der Waals surface area (Å²) in [6.07, 6.45) is 1.97. The molecule has 0 amide bonds. The lowest BCUT2D eigenvalue weighted by molar-refractivity contribution is 0.242. The minimum Gasteiger partial charge on any atom is -0.488 e. The molecular formula is C17H18ClNO. The van der Waals surface area contributed by atoms with E-state index in [1.807, 2.05) is 24.3 Å². The quantitative estimate of drug-likeness (QED) is 0.931. The number of ether oxygens (including phenoxy) is 1. The van der Waals surface area contributed by atoms with Crippen molar-refractivity contribution in [3.05, 3.63) is 52.5 Å². The minimum absolute atomic E-state index is 0.0818. The van der Waals surface area contributed by atoms with E-state index >= 15 is 0 Å². The molecule has 0 radical (unpaired) electrons. The van der Waals surface area contributed by atoms with Crippen LogP contribution in [0.2, 0.25) is 5.02 Å². The first-order valence-electron chi connectivity index (χ1n) is 7.00. The molecule has 20 heavy (non-hydrogen) atoms. The predicted molar refractivity (Wildman–Crippen MR) is 83.4 cm³/mol. The van der Waals surface area contributed by atoms with Crippen LogP contribution in [0.1, 0.15) is 18.1 Å². The first-order valence-corrected chi connectivity index (χ1v) is 7.38. The summed E-state index contributed by atoms with van der Waals surface area (Å²) < 4.78 is 6.01. The monoisotopic (exact) mass is 287 g/mol. The van der Waals surface area contributed by atoms with E-state index in [0.717, 1.165) is 34.7 Å². The molecule has 2 aromatic carbocycles. The first-order chi connectivity index (χ1) is 9.72. The maximum absolute atomic E-state index is 6.35. The molecule has 2 aromatic rings. The van der Waals surface area contributed by atoms with Gasteiger partial charge in [0.05, 0.1) is 0 Å². The number of nitrogens with two attached hydrogens (primary N) is 1. The van der Waals surface area contributed by atoms with Crippen molar-refractivity contribution in [1.82, 2.24) is 0 Å². The molecule has 3 rings (SSSR count). The third-order valence-corrected chi connectivity index (χ3v) is 4.12. The largest absolute Gasteiger partial charge is 0.488 e. The fourth-order valence-corrected chi connectivity index (χ4v) is 2.95. The molecule has 1 heterocycles. The lowest BCUT2D eigenvalue weighted by Crippen LogP contribution is -2.24. The van der Waals surface area contributed by atoms with Crippen molar-refractivity contribution in [2.45, 2.75) is 25.9 Å². The average molecular weight is 288 g/mol. The zero-order valence-corrected chi connectivity index (χ0v) is 12.3. The summed E-state index contributed by atoms with van der Waals surface area (Å²) in [7, 11) is 0. The Bertz CT molecular complexity index is 639. The summed E-state index contributed by atoms with van der Waals surface area (Å²) in [5.74, 6) is 0.950. The molecular weight excluding hydrogens is 270 g/mol. The second kappa shape index (κ2) is 5.47. The maximum atomic E-state index is 6.35. The minimum atomic E-state index is 0.0818. The molecule has 0 spiro atoms. The van der Waals surface area contributed by atoms with Crippen LogP contribution >= 0.6 is 11.6 Å². The van der Waals surface area contributed by atoms with Crippen molar-refractivity contribution < 1.29 is 4.74 Å². The molecule has 0 saturated heterocycles. The van der Waals surface area contributed by atoms with Gasteiger partial charge in [-0.1, -0.05) is 42.8 Å². The van der Waals surface area contributed by atoms with Gasteiger partial charge in [-0.2, -0.15) is 0 Å². The van der Waals surface area contributed by atoms with Crippen LogP contribution in [0.25, 0.3) is 11.1 Å². The van der Waals surface area contributed by atoms with Crippen molar-refractivity contribution in [2.75, 3.05) is 6.54 Å². The Morgan fingerprint density at radius 1 is 1.25 bits per heavy atom. The van der Waals surface area contributed by atoms with Crippen LogP contribution in [0.4, 0.5) is 0 Å². The highest BCUT2D eigenvalue weighted by Crippen LogP contribution is 2.42. The van der Waals surface area contributed by atoms with Gasteiger partial charge in [0, 0.05) is 29.1 Å². The van der Waals surface area contributed by atoms with Gasteiger partial charge in [0.1, 0.15) is 11.9 Å². The van der Waals surface area contributed by atoms with E-state index < -0.39 is 0 Å². The highest BCUT2D eigenvalue weighted by Gasteiger charge is 2.26. The number of hydrogen-bond acceptors (Lipinski definition) is 2. The molecule has 0 aliphatic carbocycles. The molecule has 0 aromatic heterocycles. The molecule has 2 nitrogen and oxygen atoms in total. The first kappa shape index (κ1) is 13.5. The van der Waals surface area contributed by atoms with Crippen LogP contribution in [-0.2, 0) is 12.8 Å². The number of rotatable bonds is 3. The van der Waals surface area contributed by atoms with E-state index in [0.29, 0.717) is 6.54 Å². The number of aryl methyl sites for hydroxylation is 1. The standard InChI is InChI=1S/C17H18ClNO/c1-2-11-7-12-9-13(10-19)20-17(12)15(8-11)14-5-3-4-6-16(14)18/h3-8,13H,2,9-10,19H2,1H3/t13-/m1/s1. The van der Waals surface area contributed by atoms with Gasteiger partial charge in [-0.05, 0) is 29.7 Å². The predicted octanol–water partition coefficient (Wildman–Crippen LogP) is 3.83. The zero-order chi connectivity index (χ0) is 14.1. The summed E-state index contributed by atoms with van der Waals surface area (Å²) >= 11 is 6.35. The molecule has 0 bridgehead atoms. The van der Waals surface area contributed by atoms with Gasteiger partial charge in [-0.15, -0.1) is 0 Å². The number of halogens is 1. The maximum Gasteiger partial charge on any atom is 0.131 e. The third-order valence-electron chi connectivity index (χ3n) is 3.79. The summed E-state index contributed by atoms with van der Waals surface area (Å²) in [5, 5.41) is 0.753. The zero-order valence-electron chi connectivity index (χ0n) is 11.5. The topological polar surface area (TPSA) is 35.2 Å². The van der Waals surface area contributed by atoms with Crippen LogP contribution in [0.5, 0.6) is 5.75 Å². The molecule has 1 aliphatic rings. The van der Waals surface area contributed by atoms with Gasteiger partial charge >= 0.3 is 0 Å². The summed E-state index contributed by atoms with van der Waals surface area (Å²) in [6, 6.07) is 12.3. The van der Waals surface area contributed by atoms with E-state index in [1.165, 1.54) is 11.1 Å². The Morgan fingerprint density at radius 2 is 2.05 bits per heavy atom. The van der Waals surface area contributed by atoms with E-state index in [-0.39, 0.29) is 6.10 Å². The van der Waals surface area contributed by atoms with Gasteiger partial charge in [-0.25, -0.2) is 0 Å². The molecule has 1 atom stereocenters. The third kappa shape index (κ3) is 2.30. The van der Waals surface area contributed by atoms with E-state index in [1.54, 1.807) is 0 Å². The SMILES string of the molecule is CCc1cc2c(c(-c3ccccc3Cl)c1)O[C@@H](CN)C2. The van der Waals surface area contributed by atoms with Crippen molar-refractivity contribution in [3.8, 4) is 16.9 Å². The van der Waals surface area contributed by atoms with Gasteiger partial charge in [0.2, 0.25) is 0 Å². The highest BCUT2D eigenvalue weighted by atomic mass is 35.5. The molecule has 3 heteroatoms. The number of benzene rings is 2. The number of fused-ring (bicyclic) bond motifs is 1. The van der Waals surface area contributed by atoms with Crippen LogP contribution in [0, 0.1) is 0 Å². The molecule has 0 fully saturated rings. The highest BCUT2D eigenvalue weighted by molar-refractivity contribution is 6.33. The van der Waals surface area contributed by atoms with Crippen LogP contribution in [-0.4, -0.2) is 12.6 Å². The van der Waals surface area contributed by atoms with Gasteiger partial charge in [0.25, 0.3) is 0 Å². The van der Waals surface area contributed by atoms with E-state index in [9.17, 15) is 0 Å². The molecule has 0 unspecified atom stereocenters. The number of hydrogen-bond donors (Lipinski definition) is 1. The van der Waals surface area contributed by atoms with E-state index in [4.69, 9.17) is 22.1 Å². The van der Waals surface area contributed by atoms with Gasteiger partial charge in [0.15, 0.2) is 0 Å². The summed E-state index contributed by atoms with van der Waals surface area (Å²) in [5.41, 5.74) is 10.4. The van der Waals surface area contributed by atoms with E-state index in [2.05, 4.69) is 19.1 Å². The van der Waals surface area contributed by atoms with Gasteiger partial charge < -0.3 is 10.5 Å². The second-order valence-corrected chi connectivity index (χ2v) is 5.55.